The van der Waals surface area contributed by atoms with Crippen LogP contribution < -0.4 is 18.9 Å². The van der Waals surface area contributed by atoms with Gasteiger partial charge in [-0.3, -0.25) is 9.78 Å². The number of ether oxygens (including phenoxy) is 4. The highest BCUT2D eigenvalue weighted by molar-refractivity contribution is 7.98. The summed E-state index contributed by atoms with van der Waals surface area (Å²) in [5, 5.41) is 0.334. The van der Waals surface area contributed by atoms with Crippen molar-refractivity contribution in [1.29, 1.82) is 0 Å². The van der Waals surface area contributed by atoms with E-state index in [4.69, 9.17) is 30.5 Å². The number of carbonyl (C=O) groups excluding carboxylic acids is 1. The lowest BCUT2D eigenvalue weighted by molar-refractivity contribution is 0.111. The van der Waals surface area contributed by atoms with Crippen molar-refractivity contribution in [1.82, 2.24) is 4.98 Å². The molecule has 0 unspecified atom stereocenters. The van der Waals surface area contributed by atoms with E-state index < -0.39 is 0 Å². The molecule has 0 N–H and O–H groups in total. The molecule has 0 saturated carbocycles. The third-order valence-electron chi connectivity index (χ3n) is 7.29. The molecule has 0 aliphatic carbocycles. The van der Waals surface area contributed by atoms with Crippen LogP contribution in [-0.4, -0.2) is 24.5 Å². The van der Waals surface area contributed by atoms with Gasteiger partial charge in [-0.15, -0.1) is 11.8 Å². The Morgan fingerprint density at radius 1 is 0.841 bits per heavy atom. The summed E-state index contributed by atoms with van der Waals surface area (Å²) >= 11 is 8.24. The summed E-state index contributed by atoms with van der Waals surface area (Å²) in [6.45, 7) is 3.69. The van der Waals surface area contributed by atoms with Gasteiger partial charge in [0.05, 0.1) is 10.6 Å². The number of fused-ring (bicyclic) bond motifs is 1. The Bertz CT molecular complexity index is 1780. The van der Waals surface area contributed by atoms with Crippen molar-refractivity contribution in [2.45, 2.75) is 30.8 Å². The van der Waals surface area contributed by atoms with E-state index in [1.54, 1.807) is 30.1 Å². The fourth-order valence-corrected chi connectivity index (χ4v) is 6.04. The highest BCUT2D eigenvalue weighted by Gasteiger charge is 2.16. The molecular weight excluding hydrogens is 594 g/mol. The minimum atomic E-state index is 0.241. The molecule has 1 aliphatic rings. The SMILES string of the molecule is Cc1c(COc2cc(OCc3cncc(SCc4ccccc4)c3)c(C=O)cc2Cl)cccc1-c1ccc2c(c1)OCCO2. The van der Waals surface area contributed by atoms with Crippen LogP contribution in [0.4, 0.5) is 0 Å². The molecule has 0 bridgehead atoms. The highest BCUT2D eigenvalue weighted by Crippen LogP contribution is 2.37. The molecule has 1 aromatic heterocycles. The van der Waals surface area contributed by atoms with Crippen LogP contribution in [-0.2, 0) is 19.0 Å². The van der Waals surface area contributed by atoms with Crippen LogP contribution in [0, 0.1) is 6.92 Å². The van der Waals surface area contributed by atoms with Gasteiger partial charge in [-0.1, -0.05) is 66.2 Å². The van der Waals surface area contributed by atoms with E-state index in [0.29, 0.717) is 35.3 Å². The molecule has 0 saturated heterocycles. The Hall–Kier alpha value is -4.46. The second-order valence-electron chi connectivity index (χ2n) is 10.3. The lowest BCUT2D eigenvalue weighted by Gasteiger charge is -2.20. The molecule has 44 heavy (non-hydrogen) atoms. The summed E-state index contributed by atoms with van der Waals surface area (Å²) in [5.41, 5.74) is 6.69. The normalized spacial score (nSPS) is 12.0. The predicted molar refractivity (Wildman–Crippen MR) is 173 cm³/mol. The number of thioether (sulfide) groups is 1. The van der Waals surface area contributed by atoms with Crippen LogP contribution in [0.2, 0.25) is 5.02 Å². The number of rotatable bonds is 11. The van der Waals surface area contributed by atoms with Crippen LogP contribution in [0.3, 0.4) is 0 Å². The first-order valence-corrected chi connectivity index (χ1v) is 15.6. The molecule has 0 atom stereocenters. The number of carbonyl (C=O) groups is 1. The molecule has 0 radical (unpaired) electrons. The monoisotopic (exact) mass is 623 g/mol. The summed E-state index contributed by atoms with van der Waals surface area (Å²) in [6.07, 6.45) is 4.33. The van der Waals surface area contributed by atoms with E-state index in [-0.39, 0.29) is 13.2 Å². The van der Waals surface area contributed by atoms with E-state index in [1.165, 1.54) is 5.56 Å². The molecule has 8 heteroatoms. The van der Waals surface area contributed by atoms with Gasteiger partial charge < -0.3 is 18.9 Å². The second-order valence-corrected chi connectivity index (χ2v) is 11.7. The van der Waals surface area contributed by atoms with E-state index in [0.717, 1.165) is 56.3 Å². The van der Waals surface area contributed by atoms with E-state index >= 15 is 0 Å². The van der Waals surface area contributed by atoms with Gasteiger partial charge in [0.25, 0.3) is 0 Å². The topological polar surface area (TPSA) is 66.9 Å². The quantitative estimate of drug-likeness (QED) is 0.108. The van der Waals surface area contributed by atoms with Crippen molar-refractivity contribution in [3.63, 3.8) is 0 Å². The first kappa shape index (κ1) is 29.6. The number of halogens is 1. The third kappa shape index (κ3) is 7.01. The minimum absolute atomic E-state index is 0.241. The summed E-state index contributed by atoms with van der Waals surface area (Å²) < 4.78 is 23.7. The van der Waals surface area contributed by atoms with Crippen molar-refractivity contribution < 1.29 is 23.7 Å². The smallest absolute Gasteiger partial charge is 0.161 e. The summed E-state index contributed by atoms with van der Waals surface area (Å²) in [6, 6.07) is 27.7. The zero-order valence-corrected chi connectivity index (χ0v) is 25.7. The molecule has 6 nitrogen and oxygen atoms in total. The van der Waals surface area contributed by atoms with E-state index in [9.17, 15) is 4.79 Å². The third-order valence-corrected chi connectivity index (χ3v) is 8.62. The Morgan fingerprint density at radius 2 is 1.66 bits per heavy atom. The van der Waals surface area contributed by atoms with Gasteiger partial charge in [-0.2, -0.15) is 0 Å². The first-order chi connectivity index (χ1) is 21.6. The van der Waals surface area contributed by atoms with Crippen LogP contribution in [0.5, 0.6) is 23.0 Å². The molecule has 0 amide bonds. The number of hydrogen-bond donors (Lipinski definition) is 0. The maximum absolute atomic E-state index is 11.9. The number of pyridine rings is 1. The molecule has 222 valence electrons. The number of benzene rings is 4. The Labute approximate surface area is 265 Å². The molecule has 4 aromatic carbocycles. The van der Waals surface area contributed by atoms with Crippen LogP contribution in [0.25, 0.3) is 11.1 Å². The zero-order chi connectivity index (χ0) is 30.3. The first-order valence-electron chi connectivity index (χ1n) is 14.2. The van der Waals surface area contributed by atoms with Gasteiger partial charge in [0, 0.05) is 34.7 Å². The predicted octanol–water partition coefficient (Wildman–Crippen LogP) is 8.74. The van der Waals surface area contributed by atoms with Crippen molar-refractivity contribution in [3.8, 4) is 34.1 Å². The fourth-order valence-electron chi connectivity index (χ4n) is 4.92. The molecule has 1 aliphatic heterocycles. The standard InChI is InChI=1S/C36H30ClNO5S/c1-24-28(8-5-9-31(24)27-10-11-33-36(16-27)41-13-12-40-33)22-43-35-17-34(29(20-39)15-32(35)37)42-21-26-14-30(19-38-18-26)44-23-25-6-3-2-4-7-25/h2-11,14-20H,12-13,21-23H2,1H3. The average Bonchev–Trinajstić information content (AvgIpc) is 3.07. The number of nitrogens with zero attached hydrogens (tertiary/aromatic N) is 1. The Balaban J connectivity index is 1.14. The maximum atomic E-state index is 11.9. The fraction of sp³-hybridized carbons (Fsp3) is 0.167. The zero-order valence-electron chi connectivity index (χ0n) is 24.1. The van der Waals surface area contributed by atoms with Gasteiger partial charge in [-0.25, -0.2) is 0 Å². The number of hydrogen-bond acceptors (Lipinski definition) is 7. The molecule has 0 fully saturated rings. The van der Waals surface area contributed by atoms with Crippen LogP contribution in [0.1, 0.15) is 32.6 Å². The molecule has 0 spiro atoms. The maximum Gasteiger partial charge on any atom is 0.161 e. The van der Waals surface area contributed by atoms with Gasteiger partial charge in [0.2, 0.25) is 0 Å². The summed E-state index contributed by atoms with van der Waals surface area (Å²) in [5.74, 6) is 3.18. The lowest BCUT2D eigenvalue weighted by Crippen LogP contribution is -2.15. The van der Waals surface area contributed by atoms with Crippen molar-refractivity contribution in [2.24, 2.45) is 0 Å². The molecular formula is C36H30ClNO5S. The molecule has 6 rings (SSSR count). The lowest BCUT2D eigenvalue weighted by atomic mass is 9.96. The number of aromatic nitrogens is 1. The average molecular weight is 624 g/mol. The van der Waals surface area contributed by atoms with Gasteiger partial charge in [0.1, 0.15) is 37.9 Å². The summed E-state index contributed by atoms with van der Waals surface area (Å²) in [4.78, 5) is 17.3. The van der Waals surface area contributed by atoms with E-state index in [1.807, 2.05) is 60.8 Å². The second kappa shape index (κ2) is 13.9. The molecule has 2 heterocycles. The van der Waals surface area contributed by atoms with Crippen molar-refractivity contribution >= 4 is 29.6 Å². The van der Waals surface area contributed by atoms with Crippen LogP contribution >= 0.6 is 23.4 Å². The Kier molecular flexibility index (Phi) is 9.34. The van der Waals surface area contributed by atoms with Gasteiger partial charge in [-0.05, 0) is 59.0 Å². The van der Waals surface area contributed by atoms with Crippen molar-refractivity contribution in [2.75, 3.05) is 13.2 Å². The minimum Gasteiger partial charge on any atom is -0.488 e. The summed E-state index contributed by atoms with van der Waals surface area (Å²) in [7, 11) is 0. The largest absolute Gasteiger partial charge is 0.488 e. The highest BCUT2D eigenvalue weighted by atomic mass is 35.5. The van der Waals surface area contributed by atoms with Crippen molar-refractivity contribution in [3.05, 3.63) is 130 Å². The van der Waals surface area contributed by atoms with Gasteiger partial charge in [0.15, 0.2) is 17.8 Å². The Morgan fingerprint density at radius 3 is 2.50 bits per heavy atom. The van der Waals surface area contributed by atoms with Gasteiger partial charge >= 0.3 is 0 Å². The molecule has 5 aromatic rings. The number of aldehydes is 1. The van der Waals surface area contributed by atoms with E-state index in [2.05, 4.69) is 30.1 Å². The van der Waals surface area contributed by atoms with Crippen LogP contribution in [0.15, 0.2) is 102 Å².